The largest absolute Gasteiger partial charge is 0.381 e. The summed E-state index contributed by atoms with van der Waals surface area (Å²) in [4.78, 5) is 0. The van der Waals surface area contributed by atoms with E-state index in [1.54, 1.807) is 0 Å². The van der Waals surface area contributed by atoms with Crippen molar-refractivity contribution < 1.29 is 4.74 Å². The molecule has 3 nitrogen and oxygen atoms in total. The minimum absolute atomic E-state index is 0.212. The summed E-state index contributed by atoms with van der Waals surface area (Å²) < 4.78 is 6.03. The highest BCUT2D eigenvalue weighted by molar-refractivity contribution is 6.30. The number of ether oxygens (including phenoxy) is 1. The van der Waals surface area contributed by atoms with Crippen LogP contribution in [0, 0.1) is 0 Å². The number of fused-ring (bicyclic) bond motifs is 2. The highest BCUT2D eigenvalue weighted by Gasteiger charge is 2.41. The lowest BCUT2D eigenvalue weighted by Crippen LogP contribution is -2.33. The van der Waals surface area contributed by atoms with E-state index in [0.717, 1.165) is 30.2 Å². The smallest absolute Gasteiger partial charge is 0.0983 e. The Morgan fingerprint density at radius 3 is 2.50 bits per heavy atom. The van der Waals surface area contributed by atoms with Gasteiger partial charge in [0.15, 0.2) is 0 Å². The molecule has 2 N–H and O–H groups in total. The van der Waals surface area contributed by atoms with Crippen LogP contribution in [0.15, 0.2) is 48.5 Å². The average Bonchev–Trinajstić information content (AvgIpc) is 3.18. The standard InChI is InChI=1S/C18H19ClN2O/c19-14-5-1-12(2-6-14)10-20-15-7-3-13(4-8-15)18-17-9-16(22-18)11-21-17/h1-8,16-18,20-21H,9-11H2. The predicted molar refractivity (Wildman–Crippen MR) is 89.2 cm³/mol. The normalized spacial score (nSPS) is 26.3. The fourth-order valence-electron chi connectivity index (χ4n) is 3.28. The third-order valence-electron chi connectivity index (χ3n) is 4.48. The number of hydrogen-bond acceptors (Lipinski definition) is 3. The van der Waals surface area contributed by atoms with Crippen LogP contribution in [-0.4, -0.2) is 18.7 Å². The van der Waals surface area contributed by atoms with E-state index >= 15 is 0 Å². The maximum Gasteiger partial charge on any atom is 0.0983 e. The highest BCUT2D eigenvalue weighted by Crippen LogP contribution is 2.37. The molecule has 2 bridgehead atoms. The summed E-state index contributed by atoms with van der Waals surface area (Å²) in [5.41, 5.74) is 3.60. The number of hydrogen-bond donors (Lipinski definition) is 2. The van der Waals surface area contributed by atoms with E-state index in [9.17, 15) is 0 Å². The van der Waals surface area contributed by atoms with E-state index in [4.69, 9.17) is 16.3 Å². The lowest BCUT2D eigenvalue weighted by atomic mass is 10.0. The maximum absolute atomic E-state index is 6.03. The molecule has 4 heteroatoms. The van der Waals surface area contributed by atoms with Crippen LogP contribution in [0.4, 0.5) is 5.69 Å². The van der Waals surface area contributed by atoms with Crippen molar-refractivity contribution in [2.24, 2.45) is 0 Å². The van der Waals surface area contributed by atoms with Crippen molar-refractivity contribution in [3.05, 3.63) is 64.7 Å². The second-order valence-corrected chi connectivity index (χ2v) is 6.47. The van der Waals surface area contributed by atoms with Crippen LogP contribution in [0.1, 0.15) is 23.7 Å². The number of halogens is 1. The van der Waals surface area contributed by atoms with Crippen molar-refractivity contribution in [1.29, 1.82) is 0 Å². The fourth-order valence-corrected chi connectivity index (χ4v) is 3.40. The van der Waals surface area contributed by atoms with Crippen LogP contribution in [0.5, 0.6) is 0 Å². The average molecular weight is 315 g/mol. The number of anilines is 1. The molecule has 0 amide bonds. The summed E-state index contributed by atoms with van der Waals surface area (Å²) in [5.74, 6) is 0. The minimum Gasteiger partial charge on any atom is -0.381 e. The predicted octanol–water partition coefficient (Wildman–Crippen LogP) is 3.75. The number of benzene rings is 2. The minimum atomic E-state index is 0.212. The third-order valence-corrected chi connectivity index (χ3v) is 4.73. The molecule has 3 unspecified atom stereocenters. The van der Waals surface area contributed by atoms with E-state index < -0.39 is 0 Å². The van der Waals surface area contributed by atoms with Crippen LogP contribution in [-0.2, 0) is 11.3 Å². The first-order valence-corrected chi connectivity index (χ1v) is 8.13. The third kappa shape index (κ3) is 2.84. The van der Waals surface area contributed by atoms with Crippen molar-refractivity contribution in [1.82, 2.24) is 5.32 Å². The van der Waals surface area contributed by atoms with Gasteiger partial charge in [0.2, 0.25) is 0 Å². The summed E-state index contributed by atoms with van der Waals surface area (Å²) >= 11 is 5.90. The molecule has 0 saturated carbocycles. The molecular formula is C18H19ClN2O. The molecule has 3 atom stereocenters. The molecule has 2 fully saturated rings. The second kappa shape index (κ2) is 5.92. The van der Waals surface area contributed by atoms with E-state index in [0.29, 0.717) is 12.1 Å². The van der Waals surface area contributed by atoms with Gasteiger partial charge in [-0.05, 0) is 41.8 Å². The van der Waals surface area contributed by atoms with Gasteiger partial charge < -0.3 is 15.4 Å². The number of morpholine rings is 1. The van der Waals surface area contributed by atoms with E-state index in [-0.39, 0.29) is 6.10 Å². The Morgan fingerprint density at radius 2 is 1.86 bits per heavy atom. The summed E-state index contributed by atoms with van der Waals surface area (Å²) in [5, 5.41) is 7.72. The zero-order valence-corrected chi connectivity index (χ0v) is 13.0. The van der Waals surface area contributed by atoms with Crippen LogP contribution in [0.2, 0.25) is 5.02 Å². The van der Waals surface area contributed by atoms with Gasteiger partial charge in [-0.3, -0.25) is 0 Å². The van der Waals surface area contributed by atoms with Crippen molar-refractivity contribution >= 4 is 17.3 Å². The molecule has 4 rings (SSSR count). The van der Waals surface area contributed by atoms with Gasteiger partial charge in [-0.25, -0.2) is 0 Å². The van der Waals surface area contributed by atoms with Crippen LogP contribution in [0.3, 0.4) is 0 Å². The summed E-state index contributed by atoms with van der Waals surface area (Å²) in [6, 6.07) is 17.0. The summed E-state index contributed by atoms with van der Waals surface area (Å²) in [6.07, 6.45) is 1.75. The lowest BCUT2D eigenvalue weighted by molar-refractivity contribution is 0.0160. The molecule has 2 aliphatic heterocycles. The molecule has 2 heterocycles. The Kier molecular flexibility index (Phi) is 3.78. The highest BCUT2D eigenvalue weighted by atomic mass is 35.5. The first-order chi connectivity index (χ1) is 10.8. The second-order valence-electron chi connectivity index (χ2n) is 6.03. The SMILES string of the molecule is Clc1ccc(CNc2ccc(C3OC4CNC3C4)cc2)cc1. The number of nitrogens with one attached hydrogen (secondary N) is 2. The Hall–Kier alpha value is -1.55. The van der Waals surface area contributed by atoms with Gasteiger partial charge in [-0.2, -0.15) is 0 Å². The van der Waals surface area contributed by atoms with Gasteiger partial charge in [0.25, 0.3) is 0 Å². The molecule has 0 aromatic heterocycles. The van der Waals surface area contributed by atoms with Crippen molar-refractivity contribution in [2.45, 2.75) is 31.2 Å². The molecule has 0 radical (unpaired) electrons. The first-order valence-electron chi connectivity index (χ1n) is 7.75. The van der Waals surface area contributed by atoms with Gasteiger partial charge in [0, 0.05) is 29.8 Å². The zero-order chi connectivity index (χ0) is 14.9. The van der Waals surface area contributed by atoms with Crippen molar-refractivity contribution in [3.8, 4) is 0 Å². The summed E-state index contributed by atoms with van der Waals surface area (Å²) in [6.45, 7) is 1.80. The molecule has 2 aromatic carbocycles. The maximum atomic E-state index is 6.03. The van der Waals surface area contributed by atoms with Crippen LogP contribution >= 0.6 is 11.6 Å². The molecule has 2 saturated heterocycles. The van der Waals surface area contributed by atoms with E-state index in [2.05, 4.69) is 34.9 Å². The zero-order valence-electron chi connectivity index (χ0n) is 12.3. The molecule has 22 heavy (non-hydrogen) atoms. The Labute approximate surface area is 135 Å². The van der Waals surface area contributed by atoms with Crippen LogP contribution in [0.25, 0.3) is 0 Å². The Morgan fingerprint density at radius 1 is 1.09 bits per heavy atom. The van der Waals surface area contributed by atoms with Gasteiger partial charge in [-0.1, -0.05) is 35.9 Å². The molecule has 114 valence electrons. The van der Waals surface area contributed by atoms with Crippen LogP contribution < -0.4 is 10.6 Å². The number of rotatable bonds is 4. The Bertz CT molecular complexity index is 641. The first kappa shape index (κ1) is 14.1. The van der Waals surface area contributed by atoms with Crippen molar-refractivity contribution in [3.63, 3.8) is 0 Å². The lowest BCUT2D eigenvalue weighted by Gasteiger charge is -2.23. The quantitative estimate of drug-likeness (QED) is 0.901. The van der Waals surface area contributed by atoms with Gasteiger partial charge in [-0.15, -0.1) is 0 Å². The van der Waals surface area contributed by atoms with Gasteiger partial charge >= 0.3 is 0 Å². The van der Waals surface area contributed by atoms with Crippen molar-refractivity contribution in [2.75, 3.05) is 11.9 Å². The Balaban J connectivity index is 1.38. The molecule has 2 aromatic rings. The molecule has 0 aliphatic carbocycles. The molecule has 0 spiro atoms. The fraction of sp³-hybridized carbons (Fsp3) is 0.333. The van der Waals surface area contributed by atoms with E-state index in [1.165, 1.54) is 11.1 Å². The molecular weight excluding hydrogens is 296 g/mol. The topological polar surface area (TPSA) is 33.3 Å². The van der Waals surface area contributed by atoms with Gasteiger partial charge in [0.1, 0.15) is 0 Å². The van der Waals surface area contributed by atoms with Gasteiger partial charge in [0.05, 0.1) is 12.2 Å². The summed E-state index contributed by atoms with van der Waals surface area (Å²) in [7, 11) is 0. The monoisotopic (exact) mass is 314 g/mol. The van der Waals surface area contributed by atoms with E-state index in [1.807, 2.05) is 24.3 Å². The molecule has 2 aliphatic rings.